The highest BCUT2D eigenvalue weighted by Crippen LogP contribution is 2.19. The van der Waals surface area contributed by atoms with Gasteiger partial charge in [0, 0.05) is 10.6 Å². The van der Waals surface area contributed by atoms with Crippen molar-refractivity contribution >= 4 is 29.0 Å². The number of carbonyl (C=O) groups is 1. The number of hydrogen-bond donors (Lipinski definition) is 2. The van der Waals surface area contributed by atoms with E-state index in [9.17, 15) is 9.18 Å². The highest BCUT2D eigenvalue weighted by molar-refractivity contribution is 7.98. The number of halogens is 1. The predicted molar refractivity (Wildman–Crippen MR) is 83.2 cm³/mol. The highest BCUT2D eigenvalue weighted by Gasteiger charge is 2.08. The van der Waals surface area contributed by atoms with Crippen molar-refractivity contribution in [2.45, 2.75) is 4.90 Å². The van der Waals surface area contributed by atoms with Crippen LogP contribution in [0, 0.1) is 5.82 Å². The molecule has 0 aliphatic heterocycles. The first-order valence-electron chi connectivity index (χ1n) is 6.20. The molecule has 0 spiro atoms. The Kier molecular flexibility index (Phi) is 5.05. The van der Waals surface area contributed by atoms with Gasteiger partial charge in [-0.3, -0.25) is 4.79 Å². The van der Waals surface area contributed by atoms with Crippen LogP contribution in [0.15, 0.2) is 47.4 Å². The number of rotatable bonds is 5. The van der Waals surface area contributed by atoms with Crippen molar-refractivity contribution in [2.24, 2.45) is 0 Å². The number of ether oxygens (including phenoxy) is 1. The number of amides is 1. The zero-order valence-electron chi connectivity index (χ0n) is 11.4. The molecule has 6 heteroatoms. The minimum atomic E-state index is -0.540. The Morgan fingerprint density at radius 1 is 1.29 bits per heavy atom. The number of benzene rings is 2. The van der Waals surface area contributed by atoms with Crippen molar-refractivity contribution in [1.29, 1.82) is 0 Å². The van der Waals surface area contributed by atoms with Crippen molar-refractivity contribution < 1.29 is 13.9 Å². The molecule has 0 radical (unpaired) electrons. The van der Waals surface area contributed by atoms with Crippen LogP contribution >= 0.6 is 11.8 Å². The maximum Gasteiger partial charge on any atom is 0.262 e. The van der Waals surface area contributed by atoms with Crippen LogP contribution in [0.5, 0.6) is 5.75 Å². The van der Waals surface area contributed by atoms with Crippen molar-refractivity contribution in [3.8, 4) is 5.75 Å². The van der Waals surface area contributed by atoms with Crippen LogP contribution in [-0.4, -0.2) is 18.8 Å². The van der Waals surface area contributed by atoms with Crippen molar-refractivity contribution in [1.82, 2.24) is 0 Å². The number of nitrogen functional groups attached to an aromatic ring is 1. The molecule has 0 bridgehead atoms. The summed E-state index contributed by atoms with van der Waals surface area (Å²) in [5.41, 5.74) is 5.96. The number of hydrogen-bond acceptors (Lipinski definition) is 4. The summed E-state index contributed by atoms with van der Waals surface area (Å²) in [6.07, 6.45) is 1.98. The molecule has 0 saturated carbocycles. The molecule has 2 aromatic rings. The molecular weight excluding hydrogens is 291 g/mol. The van der Waals surface area contributed by atoms with Gasteiger partial charge in [0.15, 0.2) is 6.61 Å². The van der Waals surface area contributed by atoms with Crippen molar-refractivity contribution in [3.63, 3.8) is 0 Å². The third-order valence-corrected chi connectivity index (χ3v) is 3.44. The molecule has 2 aromatic carbocycles. The molecule has 0 aliphatic carbocycles. The van der Waals surface area contributed by atoms with Gasteiger partial charge in [0.1, 0.15) is 11.6 Å². The maximum absolute atomic E-state index is 13.5. The Labute approximate surface area is 126 Å². The Bertz CT molecular complexity index is 632. The lowest BCUT2D eigenvalue weighted by Gasteiger charge is -2.09. The summed E-state index contributed by atoms with van der Waals surface area (Å²) in [5, 5.41) is 2.42. The standard InChI is InChI=1S/C15H15FN2O2S/c1-21-12-5-3-11(4-6-12)20-9-15(19)18-14-8-10(17)2-7-13(14)16/h2-8H,9,17H2,1H3,(H,18,19). The van der Waals surface area contributed by atoms with Crippen LogP contribution in [-0.2, 0) is 4.79 Å². The maximum atomic E-state index is 13.5. The second kappa shape index (κ2) is 6.99. The molecule has 2 rings (SSSR count). The molecule has 4 nitrogen and oxygen atoms in total. The predicted octanol–water partition coefficient (Wildman–Crippen LogP) is 3.15. The van der Waals surface area contributed by atoms with Gasteiger partial charge in [-0.1, -0.05) is 0 Å². The summed E-state index contributed by atoms with van der Waals surface area (Å²) >= 11 is 1.62. The average molecular weight is 306 g/mol. The minimum absolute atomic E-state index is 0.0429. The van der Waals surface area contributed by atoms with Gasteiger partial charge < -0.3 is 15.8 Å². The quantitative estimate of drug-likeness (QED) is 0.658. The second-order valence-corrected chi connectivity index (χ2v) is 5.13. The summed E-state index contributed by atoms with van der Waals surface area (Å²) in [7, 11) is 0. The summed E-state index contributed by atoms with van der Waals surface area (Å²) < 4.78 is 18.8. The van der Waals surface area contributed by atoms with E-state index in [1.165, 1.54) is 18.2 Å². The van der Waals surface area contributed by atoms with Crippen LogP contribution in [0.2, 0.25) is 0 Å². The number of carbonyl (C=O) groups excluding carboxylic acids is 1. The van der Waals surface area contributed by atoms with Crippen LogP contribution in [0.25, 0.3) is 0 Å². The number of nitrogens with one attached hydrogen (secondary N) is 1. The zero-order valence-corrected chi connectivity index (χ0v) is 12.2. The van der Waals surface area contributed by atoms with Gasteiger partial charge in [-0.05, 0) is 48.7 Å². The van der Waals surface area contributed by atoms with E-state index in [0.29, 0.717) is 11.4 Å². The smallest absolute Gasteiger partial charge is 0.262 e. The van der Waals surface area contributed by atoms with E-state index < -0.39 is 11.7 Å². The molecule has 110 valence electrons. The zero-order chi connectivity index (χ0) is 15.2. The van der Waals surface area contributed by atoms with Crippen LogP contribution in [0.4, 0.5) is 15.8 Å². The Morgan fingerprint density at radius 2 is 2.00 bits per heavy atom. The van der Waals surface area contributed by atoms with Gasteiger partial charge in [0.25, 0.3) is 5.91 Å². The molecule has 1 amide bonds. The summed E-state index contributed by atoms with van der Waals surface area (Å²) in [6.45, 7) is -0.202. The largest absolute Gasteiger partial charge is 0.484 e. The molecule has 0 atom stereocenters. The molecule has 0 fully saturated rings. The summed E-state index contributed by atoms with van der Waals surface area (Å²) in [6, 6.07) is 11.3. The lowest BCUT2D eigenvalue weighted by molar-refractivity contribution is -0.118. The molecule has 0 heterocycles. The summed E-state index contributed by atoms with van der Waals surface area (Å²) in [4.78, 5) is 12.8. The van der Waals surface area contributed by atoms with E-state index >= 15 is 0 Å². The lowest BCUT2D eigenvalue weighted by atomic mass is 10.2. The first-order chi connectivity index (χ1) is 10.1. The van der Waals surface area contributed by atoms with E-state index in [-0.39, 0.29) is 12.3 Å². The third kappa shape index (κ3) is 4.39. The minimum Gasteiger partial charge on any atom is -0.484 e. The number of nitrogens with two attached hydrogens (primary N) is 1. The van der Waals surface area contributed by atoms with Crippen LogP contribution < -0.4 is 15.8 Å². The first-order valence-corrected chi connectivity index (χ1v) is 7.42. The molecular formula is C15H15FN2O2S. The SMILES string of the molecule is CSc1ccc(OCC(=O)Nc2cc(N)ccc2F)cc1. The van der Waals surface area contributed by atoms with Crippen molar-refractivity contribution in [2.75, 3.05) is 23.9 Å². The molecule has 0 aliphatic rings. The van der Waals surface area contributed by atoms with Crippen LogP contribution in [0.1, 0.15) is 0 Å². The molecule has 0 saturated heterocycles. The first kappa shape index (κ1) is 15.2. The van der Waals surface area contributed by atoms with Crippen molar-refractivity contribution in [3.05, 3.63) is 48.3 Å². The highest BCUT2D eigenvalue weighted by atomic mass is 32.2. The normalized spacial score (nSPS) is 10.2. The fraction of sp³-hybridized carbons (Fsp3) is 0.133. The van der Waals surface area contributed by atoms with Gasteiger partial charge in [0.05, 0.1) is 5.69 Å². The van der Waals surface area contributed by atoms with Gasteiger partial charge in [-0.25, -0.2) is 4.39 Å². The van der Waals surface area contributed by atoms with Gasteiger partial charge in [0.2, 0.25) is 0 Å². The Hall–Kier alpha value is -2.21. The van der Waals surface area contributed by atoms with Gasteiger partial charge in [-0.15, -0.1) is 11.8 Å². The summed E-state index contributed by atoms with van der Waals surface area (Å²) in [5.74, 6) is -0.411. The van der Waals surface area contributed by atoms with E-state index in [2.05, 4.69) is 5.32 Å². The lowest BCUT2D eigenvalue weighted by Crippen LogP contribution is -2.20. The van der Waals surface area contributed by atoms with Gasteiger partial charge in [-0.2, -0.15) is 0 Å². The molecule has 3 N–H and O–H groups in total. The second-order valence-electron chi connectivity index (χ2n) is 4.25. The monoisotopic (exact) mass is 306 g/mol. The topological polar surface area (TPSA) is 64.3 Å². The fourth-order valence-corrected chi connectivity index (χ4v) is 2.05. The Balaban J connectivity index is 1.91. The molecule has 21 heavy (non-hydrogen) atoms. The van der Waals surface area contributed by atoms with E-state index in [0.717, 1.165) is 4.90 Å². The number of thioether (sulfide) groups is 1. The fourth-order valence-electron chi connectivity index (χ4n) is 1.65. The van der Waals surface area contributed by atoms with Crippen LogP contribution in [0.3, 0.4) is 0 Å². The van der Waals surface area contributed by atoms with E-state index in [1.54, 1.807) is 23.9 Å². The average Bonchev–Trinajstić information content (AvgIpc) is 2.49. The van der Waals surface area contributed by atoms with E-state index in [1.807, 2.05) is 18.4 Å². The van der Waals surface area contributed by atoms with E-state index in [4.69, 9.17) is 10.5 Å². The van der Waals surface area contributed by atoms with Gasteiger partial charge >= 0.3 is 0 Å². The molecule has 0 unspecified atom stereocenters. The Morgan fingerprint density at radius 3 is 2.67 bits per heavy atom. The number of anilines is 2. The molecule has 0 aromatic heterocycles. The third-order valence-electron chi connectivity index (χ3n) is 2.69.